The Morgan fingerprint density at radius 2 is 1.39 bits per heavy atom. The number of amides is 1. The van der Waals surface area contributed by atoms with E-state index in [4.69, 9.17) is 11.6 Å². The van der Waals surface area contributed by atoms with Gasteiger partial charge in [-0.25, -0.2) is 21.2 Å². The van der Waals surface area contributed by atoms with Crippen LogP contribution in [0, 0.1) is 5.82 Å². The second-order valence-electron chi connectivity index (χ2n) is 8.20. The molecule has 36 heavy (non-hydrogen) atoms. The van der Waals surface area contributed by atoms with Gasteiger partial charge in [-0.05, 0) is 79.6 Å². The van der Waals surface area contributed by atoms with Crippen molar-refractivity contribution in [3.8, 4) is 0 Å². The fourth-order valence-corrected chi connectivity index (χ4v) is 6.55. The highest BCUT2D eigenvalue weighted by Gasteiger charge is 2.27. The number of hydrogen-bond acceptors (Lipinski definition) is 5. The van der Waals surface area contributed by atoms with Crippen LogP contribution in [0.2, 0.25) is 5.02 Å². The smallest absolute Gasteiger partial charge is 0.261 e. The summed E-state index contributed by atoms with van der Waals surface area (Å²) in [5.41, 5.74) is 0.452. The molecule has 12 heteroatoms. The topological polar surface area (TPSA) is 113 Å². The Balaban J connectivity index is 1.49. The maximum Gasteiger partial charge on any atom is 0.261 e. The number of nitrogens with zero attached hydrogens (tertiary/aromatic N) is 1. The second-order valence-corrected chi connectivity index (χ2v) is 12.2. The van der Waals surface area contributed by atoms with Crippen LogP contribution in [0.15, 0.2) is 76.5 Å². The lowest BCUT2D eigenvalue weighted by molar-refractivity contribution is 0.102. The highest BCUT2D eigenvalue weighted by molar-refractivity contribution is 7.92. The lowest BCUT2D eigenvalue weighted by Crippen LogP contribution is -2.35. The predicted octanol–water partition coefficient (Wildman–Crippen LogP) is 4.71. The van der Waals surface area contributed by atoms with Gasteiger partial charge in [0, 0.05) is 24.5 Å². The van der Waals surface area contributed by atoms with Gasteiger partial charge >= 0.3 is 0 Å². The molecular weight excluding hydrogens is 529 g/mol. The molecule has 1 heterocycles. The highest BCUT2D eigenvalue weighted by atomic mass is 35.5. The first-order chi connectivity index (χ1) is 17.1. The Hall–Kier alpha value is -2.99. The molecule has 2 N–H and O–H groups in total. The molecule has 1 amide bonds. The fourth-order valence-electron chi connectivity index (χ4n) is 3.74. The van der Waals surface area contributed by atoms with Gasteiger partial charge < -0.3 is 5.32 Å². The Morgan fingerprint density at radius 3 is 2.03 bits per heavy atom. The molecule has 0 aromatic heterocycles. The third-order valence-electron chi connectivity index (χ3n) is 5.65. The fraction of sp³-hybridized carbons (Fsp3) is 0.208. The lowest BCUT2D eigenvalue weighted by Gasteiger charge is -2.26. The summed E-state index contributed by atoms with van der Waals surface area (Å²) in [6, 6.07) is 14.2. The molecule has 0 atom stereocenters. The van der Waals surface area contributed by atoms with Crippen molar-refractivity contribution >= 4 is 48.9 Å². The number of carbonyl (C=O) groups excluding carboxylic acids is 1. The van der Waals surface area contributed by atoms with Crippen LogP contribution in [0.3, 0.4) is 0 Å². The third-order valence-corrected chi connectivity index (χ3v) is 9.28. The number of anilines is 2. The van der Waals surface area contributed by atoms with Gasteiger partial charge in [0.15, 0.2) is 0 Å². The quantitative estimate of drug-likeness (QED) is 0.442. The zero-order valence-corrected chi connectivity index (χ0v) is 21.3. The third kappa shape index (κ3) is 5.86. The van der Waals surface area contributed by atoms with Crippen LogP contribution in [0.25, 0.3) is 0 Å². The van der Waals surface area contributed by atoms with Gasteiger partial charge in [-0.1, -0.05) is 18.0 Å². The first-order valence-corrected chi connectivity index (χ1v) is 14.4. The molecule has 1 saturated heterocycles. The predicted molar refractivity (Wildman–Crippen MR) is 136 cm³/mol. The van der Waals surface area contributed by atoms with Gasteiger partial charge in [0.25, 0.3) is 15.9 Å². The number of hydrogen-bond donors (Lipinski definition) is 2. The molecule has 1 aliphatic rings. The van der Waals surface area contributed by atoms with Crippen molar-refractivity contribution in [2.45, 2.75) is 29.1 Å². The Bertz CT molecular complexity index is 1470. The first-order valence-electron chi connectivity index (χ1n) is 11.1. The number of benzene rings is 3. The molecule has 0 spiro atoms. The van der Waals surface area contributed by atoms with Crippen LogP contribution in [0.1, 0.15) is 29.6 Å². The van der Waals surface area contributed by atoms with Gasteiger partial charge in [0.05, 0.1) is 20.4 Å². The van der Waals surface area contributed by atoms with E-state index >= 15 is 0 Å². The number of piperidine rings is 1. The minimum atomic E-state index is -3.94. The van der Waals surface area contributed by atoms with Crippen molar-refractivity contribution in [1.82, 2.24) is 4.31 Å². The molecule has 0 bridgehead atoms. The van der Waals surface area contributed by atoms with Crippen molar-refractivity contribution in [3.05, 3.63) is 83.1 Å². The average Bonchev–Trinajstić information content (AvgIpc) is 2.86. The Morgan fingerprint density at radius 1 is 0.806 bits per heavy atom. The van der Waals surface area contributed by atoms with Crippen LogP contribution in [-0.2, 0) is 20.0 Å². The second kappa shape index (κ2) is 10.6. The van der Waals surface area contributed by atoms with Crippen molar-refractivity contribution in [2.24, 2.45) is 0 Å². The molecule has 3 aromatic rings. The van der Waals surface area contributed by atoms with E-state index in [1.807, 2.05) is 0 Å². The largest absolute Gasteiger partial charge is 0.322 e. The minimum absolute atomic E-state index is 0.0211. The van der Waals surface area contributed by atoms with E-state index in [2.05, 4.69) is 10.0 Å². The van der Waals surface area contributed by atoms with E-state index in [-0.39, 0.29) is 31.8 Å². The number of halogens is 2. The van der Waals surface area contributed by atoms with Crippen LogP contribution in [0.5, 0.6) is 0 Å². The molecular formula is C24H23ClFN3O5S2. The zero-order valence-electron chi connectivity index (χ0n) is 18.9. The molecule has 0 aliphatic carbocycles. The molecule has 4 rings (SSSR count). The molecule has 1 aliphatic heterocycles. The van der Waals surface area contributed by atoms with E-state index in [0.717, 1.165) is 31.4 Å². The maximum atomic E-state index is 13.1. The van der Waals surface area contributed by atoms with E-state index in [9.17, 15) is 26.0 Å². The Labute approximate surface area is 214 Å². The number of rotatable bonds is 7. The summed E-state index contributed by atoms with van der Waals surface area (Å²) in [5.74, 6) is -1.14. The molecule has 190 valence electrons. The van der Waals surface area contributed by atoms with Gasteiger partial charge in [0.1, 0.15) is 5.82 Å². The van der Waals surface area contributed by atoms with Gasteiger partial charge in [-0.2, -0.15) is 4.31 Å². The van der Waals surface area contributed by atoms with Gasteiger partial charge in [0.2, 0.25) is 10.0 Å². The van der Waals surface area contributed by atoms with Crippen LogP contribution in [-0.4, -0.2) is 40.1 Å². The zero-order chi connectivity index (χ0) is 25.9. The summed E-state index contributed by atoms with van der Waals surface area (Å²) in [6.45, 7) is 0.857. The summed E-state index contributed by atoms with van der Waals surface area (Å²) in [5, 5.41) is 2.68. The number of nitrogens with one attached hydrogen (secondary N) is 2. The summed E-state index contributed by atoms with van der Waals surface area (Å²) in [4.78, 5) is 12.8. The summed E-state index contributed by atoms with van der Waals surface area (Å²) in [6.07, 6.45) is 2.54. The standard InChI is InChI=1S/C24H23ClFN3O5S2/c25-23-13-12-21(36(33,34)29-14-2-1-3-15-29)16-22(23)24(30)27-18-8-10-20(11-9-18)35(31,32)28-19-6-4-17(26)5-7-19/h4-13,16,28H,1-3,14-15H2,(H,27,30). The van der Waals surface area contributed by atoms with E-state index in [1.54, 1.807) is 0 Å². The molecule has 0 radical (unpaired) electrons. The summed E-state index contributed by atoms with van der Waals surface area (Å²) < 4.78 is 67.9. The van der Waals surface area contributed by atoms with Gasteiger partial charge in [-0.3, -0.25) is 9.52 Å². The molecule has 8 nitrogen and oxygen atoms in total. The normalized spacial score (nSPS) is 14.8. The Kier molecular flexibility index (Phi) is 7.65. The molecule has 0 unspecified atom stereocenters. The summed E-state index contributed by atoms with van der Waals surface area (Å²) >= 11 is 6.18. The number of carbonyl (C=O) groups is 1. The molecule has 1 fully saturated rings. The average molecular weight is 552 g/mol. The van der Waals surface area contributed by atoms with Crippen LogP contribution < -0.4 is 10.0 Å². The molecule has 0 saturated carbocycles. The highest BCUT2D eigenvalue weighted by Crippen LogP contribution is 2.26. The van der Waals surface area contributed by atoms with Crippen molar-refractivity contribution in [3.63, 3.8) is 0 Å². The summed E-state index contributed by atoms with van der Waals surface area (Å²) in [7, 11) is -7.70. The SMILES string of the molecule is O=C(Nc1ccc(S(=O)(=O)Nc2ccc(F)cc2)cc1)c1cc(S(=O)(=O)N2CCCCC2)ccc1Cl. The maximum absolute atomic E-state index is 13.1. The van der Waals surface area contributed by atoms with Crippen molar-refractivity contribution < 1.29 is 26.0 Å². The van der Waals surface area contributed by atoms with Crippen LogP contribution in [0.4, 0.5) is 15.8 Å². The monoisotopic (exact) mass is 551 g/mol. The minimum Gasteiger partial charge on any atom is -0.322 e. The first kappa shape index (κ1) is 26.1. The van der Waals surface area contributed by atoms with Crippen molar-refractivity contribution in [1.29, 1.82) is 0 Å². The van der Waals surface area contributed by atoms with E-state index < -0.39 is 31.8 Å². The lowest BCUT2D eigenvalue weighted by atomic mass is 10.2. The van der Waals surface area contributed by atoms with Gasteiger partial charge in [-0.15, -0.1) is 0 Å². The number of sulfonamides is 2. The van der Waals surface area contributed by atoms with E-state index in [0.29, 0.717) is 13.1 Å². The van der Waals surface area contributed by atoms with E-state index in [1.165, 1.54) is 58.9 Å². The van der Waals surface area contributed by atoms with Crippen LogP contribution >= 0.6 is 11.6 Å². The molecule has 3 aromatic carbocycles. The van der Waals surface area contributed by atoms with Crippen molar-refractivity contribution in [2.75, 3.05) is 23.1 Å².